The maximum absolute atomic E-state index is 12.3. The van der Waals surface area contributed by atoms with Crippen LogP contribution in [0, 0.1) is 0 Å². The van der Waals surface area contributed by atoms with Gasteiger partial charge in [0, 0.05) is 44.9 Å². The van der Waals surface area contributed by atoms with E-state index in [0.29, 0.717) is 19.7 Å². The normalized spacial score (nSPS) is 11.7. The van der Waals surface area contributed by atoms with Crippen molar-refractivity contribution in [2.24, 2.45) is 7.05 Å². The SMILES string of the molecule is CCCN(CCC)CCCCN(CC(=O)OCC)Cc1ccc(CN(Cc2ncc[nH]2)Cc2nccn2C)cc1. The fraction of sp³-hybridized carbons (Fsp3) is 0.581. The maximum atomic E-state index is 12.3. The van der Waals surface area contributed by atoms with Gasteiger partial charge in [-0.2, -0.15) is 0 Å². The standard InChI is InChI=1S/C31H49N7O2/c1-5-17-36(18-6-2)19-8-9-20-37(26-31(39)40-7-3)22-27-10-12-28(13-11-27)23-38(24-29-32-14-15-33-29)25-30-34-16-21-35(30)4/h10-16,21H,5-9,17-20,22-26H2,1-4H3,(H,32,33). The molecule has 40 heavy (non-hydrogen) atoms. The smallest absolute Gasteiger partial charge is 0.320 e. The molecular weight excluding hydrogens is 502 g/mol. The number of nitrogens with zero attached hydrogens (tertiary/aromatic N) is 6. The topological polar surface area (TPSA) is 82.5 Å². The summed E-state index contributed by atoms with van der Waals surface area (Å²) in [4.78, 5) is 31.6. The predicted octanol–water partition coefficient (Wildman–Crippen LogP) is 4.61. The number of rotatable bonds is 20. The summed E-state index contributed by atoms with van der Waals surface area (Å²) in [5.41, 5.74) is 2.43. The average molecular weight is 552 g/mol. The molecule has 3 rings (SSSR count). The summed E-state index contributed by atoms with van der Waals surface area (Å²) in [6.07, 6.45) is 12.0. The number of aromatic nitrogens is 4. The van der Waals surface area contributed by atoms with Gasteiger partial charge in [0.2, 0.25) is 0 Å². The van der Waals surface area contributed by atoms with Gasteiger partial charge in [-0.1, -0.05) is 38.1 Å². The molecule has 2 heterocycles. The number of nitrogens with one attached hydrogen (secondary N) is 1. The molecule has 0 spiro atoms. The highest BCUT2D eigenvalue weighted by Gasteiger charge is 2.15. The van der Waals surface area contributed by atoms with Crippen molar-refractivity contribution in [2.45, 2.75) is 72.6 Å². The van der Waals surface area contributed by atoms with Crippen molar-refractivity contribution in [3.05, 3.63) is 71.8 Å². The van der Waals surface area contributed by atoms with E-state index in [0.717, 1.165) is 70.3 Å². The van der Waals surface area contributed by atoms with Gasteiger partial charge in [-0.15, -0.1) is 0 Å². The van der Waals surface area contributed by atoms with Gasteiger partial charge >= 0.3 is 5.97 Å². The Morgan fingerprint density at radius 3 is 2.02 bits per heavy atom. The Labute approximate surface area is 240 Å². The van der Waals surface area contributed by atoms with E-state index in [-0.39, 0.29) is 5.97 Å². The van der Waals surface area contributed by atoms with E-state index in [1.54, 1.807) is 6.20 Å². The molecule has 0 radical (unpaired) electrons. The Bertz CT molecular complexity index is 1080. The number of imidazole rings is 2. The predicted molar refractivity (Wildman–Crippen MR) is 159 cm³/mol. The Morgan fingerprint density at radius 2 is 1.48 bits per heavy atom. The molecule has 2 aromatic heterocycles. The van der Waals surface area contributed by atoms with Gasteiger partial charge in [-0.05, 0) is 69.9 Å². The fourth-order valence-corrected chi connectivity index (χ4v) is 5.02. The van der Waals surface area contributed by atoms with Gasteiger partial charge < -0.3 is 19.2 Å². The molecule has 220 valence electrons. The molecule has 0 aliphatic carbocycles. The van der Waals surface area contributed by atoms with Crippen LogP contribution < -0.4 is 0 Å². The second kappa shape index (κ2) is 17.6. The van der Waals surface area contributed by atoms with Crippen molar-refractivity contribution in [1.82, 2.24) is 34.2 Å². The molecular formula is C31H49N7O2. The zero-order valence-corrected chi connectivity index (χ0v) is 25.0. The summed E-state index contributed by atoms with van der Waals surface area (Å²) in [7, 11) is 2.02. The number of aryl methyl sites for hydroxylation is 1. The van der Waals surface area contributed by atoms with Crippen LogP contribution in [-0.2, 0) is 42.8 Å². The van der Waals surface area contributed by atoms with E-state index in [4.69, 9.17) is 4.74 Å². The Morgan fingerprint density at radius 1 is 0.825 bits per heavy atom. The Kier molecular flexibility index (Phi) is 13.9. The minimum Gasteiger partial charge on any atom is -0.465 e. The van der Waals surface area contributed by atoms with Gasteiger partial charge in [-0.3, -0.25) is 14.6 Å². The highest BCUT2D eigenvalue weighted by molar-refractivity contribution is 5.71. The largest absolute Gasteiger partial charge is 0.465 e. The summed E-state index contributed by atoms with van der Waals surface area (Å²) in [6, 6.07) is 8.75. The van der Waals surface area contributed by atoms with Gasteiger partial charge in [0.05, 0.1) is 26.2 Å². The number of carbonyl (C=O) groups excluding carboxylic acids is 1. The number of ether oxygens (including phenoxy) is 1. The number of aromatic amines is 1. The van der Waals surface area contributed by atoms with Crippen LogP contribution in [0.3, 0.4) is 0 Å². The number of unbranched alkanes of at least 4 members (excludes halogenated alkanes) is 1. The van der Waals surface area contributed by atoms with Crippen LogP contribution in [0.5, 0.6) is 0 Å². The van der Waals surface area contributed by atoms with E-state index in [9.17, 15) is 4.79 Å². The molecule has 0 saturated carbocycles. The van der Waals surface area contributed by atoms with Crippen LogP contribution in [0.2, 0.25) is 0 Å². The number of benzene rings is 1. The third-order valence-corrected chi connectivity index (χ3v) is 6.99. The monoisotopic (exact) mass is 551 g/mol. The summed E-state index contributed by atoms with van der Waals surface area (Å²) in [5, 5.41) is 0. The highest BCUT2D eigenvalue weighted by atomic mass is 16.5. The first-order valence-corrected chi connectivity index (χ1v) is 14.9. The quantitative estimate of drug-likeness (QED) is 0.162. The molecule has 0 bridgehead atoms. The summed E-state index contributed by atoms with van der Waals surface area (Å²) < 4.78 is 7.32. The minimum absolute atomic E-state index is 0.152. The third-order valence-electron chi connectivity index (χ3n) is 6.99. The fourth-order valence-electron chi connectivity index (χ4n) is 5.02. The molecule has 0 aliphatic heterocycles. The molecule has 1 N–H and O–H groups in total. The third kappa shape index (κ3) is 11.2. The Balaban J connectivity index is 1.59. The van der Waals surface area contributed by atoms with Gasteiger partial charge in [-0.25, -0.2) is 9.97 Å². The first-order chi connectivity index (χ1) is 19.5. The molecule has 0 fully saturated rings. The van der Waals surface area contributed by atoms with Crippen LogP contribution in [-0.4, -0.2) is 79.5 Å². The van der Waals surface area contributed by atoms with E-state index in [1.807, 2.05) is 32.6 Å². The number of esters is 1. The second-order valence-electron chi connectivity index (χ2n) is 10.5. The molecule has 0 amide bonds. The number of H-pyrrole nitrogens is 1. The maximum Gasteiger partial charge on any atom is 0.320 e. The lowest BCUT2D eigenvalue weighted by molar-refractivity contribution is -0.144. The number of hydrogen-bond donors (Lipinski definition) is 1. The molecule has 9 nitrogen and oxygen atoms in total. The first kappa shape index (κ1) is 31.5. The van der Waals surface area contributed by atoms with Crippen LogP contribution in [0.4, 0.5) is 0 Å². The van der Waals surface area contributed by atoms with Crippen molar-refractivity contribution < 1.29 is 9.53 Å². The molecule has 0 unspecified atom stereocenters. The van der Waals surface area contributed by atoms with Crippen LogP contribution in [0.15, 0.2) is 49.1 Å². The van der Waals surface area contributed by atoms with Crippen LogP contribution >= 0.6 is 0 Å². The molecule has 1 aromatic carbocycles. The lowest BCUT2D eigenvalue weighted by Crippen LogP contribution is -2.32. The van der Waals surface area contributed by atoms with Crippen LogP contribution in [0.25, 0.3) is 0 Å². The van der Waals surface area contributed by atoms with Crippen molar-refractivity contribution in [1.29, 1.82) is 0 Å². The highest BCUT2D eigenvalue weighted by Crippen LogP contribution is 2.14. The molecule has 0 atom stereocenters. The summed E-state index contributed by atoms with van der Waals surface area (Å²) in [6.45, 7) is 14.4. The van der Waals surface area contributed by atoms with E-state index < -0.39 is 0 Å². The minimum atomic E-state index is -0.152. The van der Waals surface area contributed by atoms with Crippen molar-refractivity contribution in [3.8, 4) is 0 Å². The number of carbonyl (C=O) groups is 1. The lowest BCUT2D eigenvalue weighted by Gasteiger charge is -2.24. The lowest BCUT2D eigenvalue weighted by atomic mass is 10.1. The average Bonchev–Trinajstić information content (AvgIpc) is 3.59. The zero-order chi connectivity index (χ0) is 28.6. The summed E-state index contributed by atoms with van der Waals surface area (Å²) >= 11 is 0. The van der Waals surface area contributed by atoms with E-state index in [2.05, 4.69) is 72.3 Å². The van der Waals surface area contributed by atoms with Crippen LogP contribution in [0.1, 0.15) is 69.2 Å². The van der Waals surface area contributed by atoms with Gasteiger partial charge in [0.25, 0.3) is 0 Å². The van der Waals surface area contributed by atoms with Crippen molar-refractivity contribution >= 4 is 5.97 Å². The second-order valence-corrected chi connectivity index (χ2v) is 10.5. The zero-order valence-electron chi connectivity index (χ0n) is 25.0. The Hall–Kier alpha value is -3.01. The summed E-state index contributed by atoms with van der Waals surface area (Å²) in [5.74, 6) is 1.80. The molecule has 9 heteroatoms. The van der Waals surface area contributed by atoms with E-state index in [1.165, 1.54) is 24.0 Å². The van der Waals surface area contributed by atoms with E-state index >= 15 is 0 Å². The van der Waals surface area contributed by atoms with Crippen molar-refractivity contribution in [3.63, 3.8) is 0 Å². The van der Waals surface area contributed by atoms with Crippen molar-refractivity contribution in [2.75, 3.05) is 39.3 Å². The molecule has 3 aromatic rings. The molecule has 0 aliphatic rings. The van der Waals surface area contributed by atoms with Gasteiger partial charge in [0.1, 0.15) is 11.6 Å². The molecule has 0 saturated heterocycles. The van der Waals surface area contributed by atoms with Gasteiger partial charge in [0.15, 0.2) is 0 Å². The first-order valence-electron chi connectivity index (χ1n) is 14.9. The number of hydrogen-bond acceptors (Lipinski definition) is 7.